The van der Waals surface area contributed by atoms with Gasteiger partial charge < -0.3 is 24.6 Å². The molecule has 4 aliphatic heterocycles. The number of alkyl carbamates (subject to hydrolysis) is 1. The molecule has 29 heavy (non-hydrogen) atoms. The van der Waals surface area contributed by atoms with Gasteiger partial charge in [0.2, 0.25) is 0 Å². The molecule has 2 amide bonds. The van der Waals surface area contributed by atoms with Gasteiger partial charge >= 0.3 is 18.4 Å². The number of fused-ring (bicyclic) bond motifs is 2. The average Bonchev–Trinajstić information content (AvgIpc) is 2.95. The lowest BCUT2D eigenvalue weighted by molar-refractivity contribution is -0.150. The van der Waals surface area contributed by atoms with E-state index in [1.807, 2.05) is 0 Å². The number of amides is 2. The molecule has 3 atom stereocenters. The number of ether oxygens (including phenoxy) is 2. The Kier molecular flexibility index (Phi) is 5.06. The van der Waals surface area contributed by atoms with Gasteiger partial charge in [-0.15, -0.1) is 0 Å². The first-order chi connectivity index (χ1) is 13.7. The van der Waals surface area contributed by atoms with Gasteiger partial charge in [0.15, 0.2) is 0 Å². The van der Waals surface area contributed by atoms with Crippen LogP contribution in [0.5, 0.6) is 0 Å². The molecule has 5 rings (SSSR count). The van der Waals surface area contributed by atoms with Gasteiger partial charge in [-0.25, -0.2) is 9.59 Å². The van der Waals surface area contributed by atoms with E-state index in [1.54, 1.807) is 11.8 Å². The number of alkyl halides is 3. The van der Waals surface area contributed by atoms with E-state index in [4.69, 9.17) is 9.47 Å². The maximum absolute atomic E-state index is 12.9. The third-order valence-corrected chi connectivity index (χ3v) is 6.55. The zero-order chi connectivity index (χ0) is 20.8. The second-order valence-electron chi connectivity index (χ2n) is 8.24. The molecule has 0 aromatic heterocycles. The molecule has 7 nitrogen and oxygen atoms in total. The summed E-state index contributed by atoms with van der Waals surface area (Å²) in [4.78, 5) is 27.8. The van der Waals surface area contributed by atoms with Gasteiger partial charge in [0.1, 0.15) is 5.60 Å². The van der Waals surface area contributed by atoms with Crippen LogP contribution in [0, 0.1) is 5.92 Å². The quantitative estimate of drug-likeness (QED) is 0.765. The Morgan fingerprint density at radius 2 is 2.07 bits per heavy atom. The van der Waals surface area contributed by atoms with Crippen LogP contribution in [0.4, 0.5) is 22.8 Å². The Bertz CT molecular complexity index is 703. The van der Waals surface area contributed by atoms with Crippen molar-refractivity contribution in [3.63, 3.8) is 0 Å². The van der Waals surface area contributed by atoms with E-state index in [9.17, 15) is 22.8 Å². The lowest BCUT2D eigenvalue weighted by atomic mass is 9.79. The Balaban J connectivity index is 1.43. The SMILES string of the molecule is CCOC(=O)N1CC2CCC1C=C2N1CCC2(CC1)OC(=O)NC2CC(F)(F)F. The highest BCUT2D eigenvalue weighted by molar-refractivity contribution is 5.71. The number of nitrogens with one attached hydrogen (secondary N) is 1. The summed E-state index contributed by atoms with van der Waals surface area (Å²) < 4.78 is 49.3. The molecular weight excluding hydrogens is 391 g/mol. The molecule has 3 unspecified atom stereocenters. The molecule has 10 heteroatoms. The van der Waals surface area contributed by atoms with Crippen molar-refractivity contribution in [1.29, 1.82) is 0 Å². The number of nitrogens with zero attached hydrogens (tertiary/aromatic N) is 2. The maximum atomic E-state index is 12.9. The summed E-state index contributed by atoms with van der Waals surface area (Å²) in [7, 11) is 0. The third-order valence-electron chi connectivity index (χ3n) is 6.55. The van der Waals surface area contributed by atoms with E-state index in [2.05, 4.69) is 16.3 Å². The Morgan fingerprint density at radius 3 is 2.66 bits per heavy atom. The summed E-state index contributed by atoms with van der Waals surface area (Å²) >= 11 is 0. The van der Waals surface area contributed by atoms with Crippen LogP contribution in [0.2, 0.25) is 0 Å². The predicted octanol–water partition coefficient (Wildman–Crippen LogP) is 3.02. The molecule has 2 bridgehead atoms. The lowest BCUT2D eigenvalue weighted by Crippen LogP contribution is -2.56. The van der Waals surface area contributed by atoms with Crippen molar-refractivity contribution < 1.29 is 32.2 Å². The molecule has 4 heterocycles. The first-order valence-corrected chi connectivity index (χ1v) is 10.2. The normalized spacial score (nSPS) is 30.8. The zero-order valence-electron chi connectivity index (χ0n) is 16.3. The summed E-state index contributed by atoms with van der Waals surface area (Å²) in [5.74, 6) is 0.202. The van der Waals surface area contributed by atoms with Gasteiger partial charge in [0.05, 0.1) is 25.1 Å². The van der Waals surface area contributed by atoms with E-state index in [1.165, 1.54) is 0 Å². The van der Waals surface area contributed by atoms with Crippen LogP contribution >= 0.6 is 0 Å². The van der Waals surface area contributed by atoms with Gasteiger partial charge in [-0.2, -0.15) is 13.2 Å². The molecule has 0 radical (unpaired) electrons. The van der Waals surface area contributed by atoms with Gasteiger partial charge in [-0.05, 0) is 25.8 Å². The van der Waals surface area contributed by atoms with E-state index >= 15 is 0 Å². The second-order valence-corrected chi connectivity index (χ2v) is 8.24. The van der Waals surface area contributed by atoms with Gasteiger partial charge in [0, 0.05) is 44.1 Å². The Hall–Kier alpha value is -2.13. The van der Waals surface area contributed by atoms with Crippen molar-refractivity contribution in [2.75, 3.05) is 26.2 Å². The molecule has 1 aliphatic carbocycles. The Labute approximate surface area is 167 Å². The highest BCUT2D eigenvalue weighted by Gasteiger charge is 2.54. The van der Waals surface area contributed by atoms with Crippen LogP contribution in [-0.2, 0) is 9.47 Å². The fourth-order valence-corrected chi connectivity index (χ4v) is 5.14. The number of halogens is 3. The van der Waals surface area contributed by atoms with E-state index in [0.29, 0.717) is 39.1 Å². The van der Waals surface area contributed by atoms with Crippen molar-refractivity contribution in [3.05, 3.63) is 11.8 Å². The molecule has 3 saturated heterocycles. The minimum absolute atomic E-state index is 0.00566. The second kappa shape index (κ2) is 7.28. The van der Waals surface area contributed by atoms with Crippen molar-refractivity contribution in [2.45, 2.75) is 62.9 Å². The molecule has 5 aliphatic rings. The van der Waals surface area contributed by atoms with E-state index < -0.39 is 30.3 Å². The molecule has 0 aromatic rings. The Morgan fingerprint density at radius 1 is 1.34 bits per heavy atom. The molecule has 1 spiro atoms. The van der Waals surface area contributed by atoms with Crippen molar-refractivity contribution >= 4 is 12.2 Å². The van der Waals surface area contributed by atoms with Crippen LogP contribution in [0.25, 0.3) is 0 Å². The number of piperidine rings is 2. The fraction of sp³-hybridized carbons (Fsp3) is 0.789. The molecule has 1 N–H and O–H groups in total. The van der Waals surface area contributed by atoms with Crippen LogP contribution in [0.1, 0.15) is 39.0 Å². The number of carbonyl (C=O) groups is 2. The monoisotopic (exact) mass is 417 g/mol. The number of carbonyl (C=O) groups excluding carboxylic acids is 2. The standard InChI is InChI=1S/C19H26F3N3O4/c1-2-28-17(27)25-11-12-3-4-13(25)9-14(12)24-7-5-18(6-8-24)15(10-19(20,21)22)23-16(26)29-18/h9,12-13,15H,2-8,10-11H2,1H3,(H,23,26). The summed E-state index contributed by atoms with van der Waals surface area (Å²) in [5, 5.41) is 2.35. The fourth-order valence-electron chi connectivity index (χ4n) is 5.14. The molecule has 0 saturated carbocycles. The van der Waals surface area contributed by atoms with Crippen molar-refractivity contribution in [2.24, 2.45) is 5.92 Å². The lowest BCUT2D eigenvalue weighted by Gasteiger charge is -2.49. The van der Waals surface area contributed by atoms with Crippen LogP contribution < -0.4 is 5.32 Å². The predicted molar refractivity (Wildman–Crippen MR) is 95.9 cm³/mol. The molecular formula is C19H26F3N3O4. The van der Waals surface area contributed by atoms with Crippen molar-refractivity contribution in [1.82, 2.24) is 15.1 Å². The van der Waals surface area contributed by atoms with Gasteiger partial charge in [0.25, 0.3) is 0 Å². The topological polar surface area (TPSA) is 71.1 Å². The summed E-state index contributed by atoms with van der Waals surface area (Å²) in [6.07, 6.45) is -1.86. The van der Waals surface area contributed by atoms with Crippen LogP contribution in [0.15, 0.2) is 11.8 Å². The molecule has 162 valence electrons. The summed E-state index contributed by atoms with van der Waals surface area (Å²) in [6, 6.07) is -1.05. The average molecular weight is 417 g/mol. The zero-order valence-corrected chi connectivity index (χ0v) is 16.3. The number of hydrogen-bond acceptors (Lipinski definition) is 5. The largest absolute Gasteiger partial charge is 0.450 e. The summed E-state index contributed by atoms with van der Waals surface area (Å²) in [6.45, 7) is 3.77. The highest BCUT2D eigenvalue weighted by atomic mass is 19.4. The van der Waals surface area contributed by atoms with E-state index in [-0.39, 0.29) is 18.1 Å². The van der Waals surface area contributed by atoms with Gasteiger partial charge in [-0.3, -0.25) is 0 Å². The smallest absolute Gasteiger partial charge is 0.410 e. The number of hydrogen-bond donors (Lipinski definition) is 1. The minimum atomic E-state index is -4.36. The maximum Gasteiger partial charge on any atom is 0.410 e. The third kappa shape index (κ3) is 3.85. The van der Waals surface area contributed by atoms with E-state index in [0.717, 1.165) is 18.5 Å². The molecule has 3 fully saturated rings. The van der Waals surface area contributed by atoms with Crippen molar-refractivity contribution in [3.8, 4) is 0 Å². The minimum Gasteiger partial charge on any atom is -0.450 e. The number of likely N-dealkylation sites (tertiary alicyclic amines) is 1. The number of rotatable bonds is 3. The highest BCUT2D eigenvalue weighted by Crippen LogP contribution is 2.42. The first kappa shape index (κ1) is 20.2. The van der Waals surface area contributed by atoms with Crippen LogP contribution in [-0.4, -0.2) is 72.1 Å². The van der Waals surface area contributed by atoms with Gasteiger partial charge in [-0.1, -0.05) is 0 Å². The first-order valence-electron chi connectivity index (χ1n) is 10.2. The summed E-state index contributed by atoms with van der Waals surface area (Å²) in [5.41, 5.74) is 0.0511. The van der Waals surface area contributed by atoms with Crippen LogP contribution in [0.3, 0.4) is 0 Å². The molecule has 0 aromatic carbocycles.